The number of fused-ring (bicyclic) bond motifs is 6. The predicted molar refractivity (Wildman–Crippen MR) is 249 cm³/mol. The van der Waals surface area contributed by atoms with Crippen molar-refractivity contribution in [3.8, 4) is 50.2 Å². The van der Waals surface area contributed by atoms with Gasteiger partial charge in [0, 0.05) is 38.9 Å². The molecule has 0 amide bonds. The smallest absolute Gasteiger partial charge is 0.0562 e. The Morgan fingerprint density at radius 3 is 1.69 bits per heavy atom. The molecule has 0 N–H and O–H groups in total. The van der Waals surface area contributed by atoms with Gasteiger partial charge in [-0.2, -0.15) is 0 Å². The maximum atomic E-state index is 2.43. The van der Waals surface area contributed by atoms with E-state index in [1.165, 1.54) is 71.9 Å². The molecule has 9 aromatic carbocycles. The molecule has 0 radical (unpaired) electrons. The van der Waals surface area contributed by atoms with Crippen molar-refractivity contribution >= 4 is 38.9 Å². The first-order valence-electron chi connectivity index (χ1n) is 20.5. The molecule has 1 aromatic heterocycles. The molecule has 0 saturated carbocycles. The van der Waals surface area contributed by atoms with E-state index in [0.29, 0.717) is 0 Å². The summed E-state index contributed by atoms with van der Waals surface area (Å²) >= 11 is 0. The highest BCUT2D eigenvalue weighted by atomic mass is 15.1. The highest BCUT2D eigenvalue weighted by Gasteiger charge is 2.35. The zero-order valence-corrected chi connectivity index (χ0v) is 33.2. The molecule has 2 nitrogen and oxygen atoms in total. The second kappa shape index (κ2) is 13.9. The van der Waals surface area contributed by atoms with Crippen molar-refractivity contribution in [2.75, 3.05) is 4.90 Å². The van der Waals surface area contributed by atoms with E-state index in [1.807, 2.05) is 0 Å². The molecule has 0 atom stereocenters. The third-order valence-corrected chi connectivity index (χ3v) is 12.4. The van der Waals surface area contributed by atoms with Crippen LogP contribution in [0.25, 0.3) is 72.0 Å². The summed E-state index contributed by atoms with van der Waals surface area (Å²) in [5, 5.41) is 2.48. The molecule has 11 rings (SSSR count). The molecule has 0 saturated heterocycles. The lowest BCUT2D eigenvalue weighted by Crippen LogP contribution is -2.14. The van der Waals surface area contributed by atoms with E-state index in [2.05, 4.69) is 242 Å². The van der Waals surface area contributed by atoms with Gasteiger partial charge in [-0.25, -0.2) is 0 Å². The molecule has 10 aromatic rings. The van der Waals surface area contributed by atoms with Gasteiger partial charge in [0.15, 0.2) is 0 Å². The molecule has 0 aliphatic heterocycles. The number of aromatic nitrogens is 1. The molecular weight excluding hydrogens is 713 g/mol. The van der Waals surface area contributed by atoms with Crippen LogP contribution in [0.15, 0.2) is 218 Å². The lowest BCUT2D eigenvalue weighted by atomic mass is 9.81. The summed E-state index contributed by atoms with van der Waals surface area (Å²) in [6.45, 7) is 4.70. The standard InChI is InChI=1S/C57H42N2/c1-57(2)52-26-13-12-24-49(52)50-34-30-43(37-53(50)57)40-28-31-45(32-29-40)58(46-23-14-20-42(36-46)39-16-6-3-7-17-39)47-33-35-51-55(38-47)59(44-21-10-5-11-22-44)54-27-15-25-48(56(51)54)41-18-8-4-9-19-41/h3-38H,1-2H3. The van der Waals surface area contributed by atoms with Crippen molar-refractivity contribution in [3.63, 3.8) is 0 Å². The number of nitrogens with zero attached hydrogens (tertiary/aromatic N) is 2. The van der Waals surface area contributed by atoms with E-state index < -0.39 is 0 Å². The van der Waals surface area contributed by atoms with E-state index in [4.69, 9.17) is 0 Å². The van der Waals surface area contributed by atoms with E-state index in [-0.39, 0.29) is 5.41 Å². The van der Waals surface area contributed by atoms with Crippen molar-refractivity contribution in [1.29, 1.82) is 0 Å². The number of hydrogen-bond acceptors (Lipinski definition) is 1. The Bertz CT molecular complexity index is 3160. The van der Waals surface area contributed by atoms with Crippen LogP contribution in [0.4, 0.5) is 17.1 Å². The van der Waals surface area contributed by atoms with Crippen LogP contribution in [0.1, 0.15) is 25.0 Å². The fourth-order valence-corrected chi connectivity index (χ4v) is 9.50. The molecule has 59 heavy (non-hydrogen) atoms. The van der Waals surface area contributed by atoms with Gasteiger partial charge in [0.2, 0.25) is 0 Å². The molecule has 280 valence electrons. The predicted octanol–water partition coefficient (Wildman–Crippen LogP) is 15.6. The van der Waals surface area contributed by atoms with Gasteiger partial charge in [0.25, 0.3) is 0 Å². The number of anilines is 3. The Morgan fingerprint density at radius 1 is 0.356 bits per heavy atom. The Hall–Kier alpha value is -7.42. The van der Waals surface area contributed by atoms with Crippen LogP contribution in [0, 0.1) is 0 Å². The first kappa shape index (κ1) is 34.8. The van der Waals surface area contributed by atoms with Gasteiger partial charge in [-0.15, -0.1) is 0 Å². The second-order valence-electron chi connectivity index (χ2n) is 16.2. The maximum absolute atomic E-state index is 2.43. The quantitative estimate of drug-likeness (QED) is 0.157. The average molecular weight is 755 g/mol. The van der Waals surface area contributed by atoms with Crippen LogP contribution < -0.4 is 4.90 Å². The van der Waals surface area contributed by atoms with Crippen molar-refractivity contribution < 1.29 is 0 Å². The summed E-state index contributed by atoms with van der Waals surface area (Å²) in [5.74, 6) is 0. The summed E-state index contributed by atoms with van der Waals surface area (Å²) < 4.78 is 2.43. The summed E-state index contributed by atoms with van der Waals surface area (Å²) in [6, 6.07) is 79.8. The minimum Gasteiger partial charge on any atom is -0.310 e. The molecule has 0 unspecified atom stereocenters. The van der Waals surface area contributed by atoms with Gasteiger partial charge in [-0.3, -0.25) is 0 Å². The summed E-state index contributed by atoms with van der Waals surface area (Å²) in [4.78, 5) is 2.41. The largest absolute Gasteiger partial charge is 0.310 e. The van der Waals surface area contributed by atoms with E-state index >= 15 is 0 Å². The van der Waals surface area contributed by atoms with Crippen LogP contribution in [-0.2, 0) is 5.41 Å². The third kappa shape index (κ3) is 5.79. The van der Waals surface area contributed by atoms with Crippen LogP contribution in [0.3, 0.4) is 0 Å². The zero-order valence-electron chi connectivity index (χ0n) is 33.2. The average Bonchev–Trinajstić information content (AvgIpc) is 3.75. The topological polar surface area (TPSA) is 8.17 Å². The third-order valence-electron chi connectivity index (χ3n) is 12.4. The highest BCUT2D eigenvalue weighted by molar-refractivity contribution is 6.16. The van der Waals surface area contributed by atoms with Crippen LogP contribution >= 0.6 is 0 Å². The molecule has 1 heterocycles. The second-order valence-corrected chi connectivity index (χ2v) is 16.2. The molecule has 1 aliphatic rings. The van der Waals surface area contributed by atoms with Gasteiger partial charge >= 0.3 is 0 Å². The van der Waals surface area contributed by atoms with Gasteiger partial charge < -0.3 is 9.47 Å². The number of para-hydroxylation sites is 1. The van der Waals surface area contributed by atoms with Crippen LogP contribution in [0.2, 0.25) is 0 Å². The fourth-order valence-electron chi connectivity index (χ4n) is 9.50. The van der Waals surface area contributed by atoms with Gasteiger partial charge in [-0.1, -0.05) is 172 Å². The Kier molecular flexibility index (Phi) is 8.20. The fraction of sp³-hybridized carbons (Fsp3) is 0.0526. The lowest BCUT2D eigenvalue weighted by Gasteiger charge is -2.27. The Morgan fingerprint density at radius 2 is 0.915 bits per heavy atom. The van der Waals surface area contributed by atoms with Crippen LogP contribution in [0.5, 0.6) is 0 Å². The molecule has 0 bridgehead atoms. The molecule has 2 heteroatoms. The molecular formula is C57H42N2. The zero-order chi connectivity index (χ0) is 39.5. The van der Waals surface area contributed by atoms with Crippen LogP contribution in [-0.4, -0.2) is 4.57 Å². The van der Waals surface area contributed by atoms with Gasteiger partial charge in [0.1, 0.15) is 0 Å². The van der Waals surface area contributed by atoms with Crippen molar-refractivity contribution in [2.24, 2.45) is 0 Å². The monoisotopic (exact) mass is 754 g/mol. The van der Waals surface area contributed by atoms with Gasteiger partial charge in [-0.05, 0) is 116 Å². The van der Waals surface area contributed by atoms with Crippen molar-refractivity contribution in [2.45, 2.75) is 19.3 Å². The number of benzene rings is 9. The Balaban J connectivity index is 1.08. The minimum absolute atomic E-state index is 0.0504. The summed E-state index contributed by atoms with van der Waals surface area (Å²) in [5.41, 5.74) is 19.5. The highest BCUT2D eigenvalue weighted by Crippen LogP contribution is 2.50. The maximum Gasteiger partial charge on any atom is 0.0562 e. The number of hydrogen-bond donors (Lipinski definition) is 0. The Labute approximate surface area is 345 Å². The number of rotatable bonds is 7. The van der Waals surface area contributed by atoms with E-state index in [1.54, 1.807) is 0 Å². The first-order valence-corrected chi connectivity index (χ1v) is 20.5. The molecule has 1 aliphatic carbocycles. The molecule has 0 spiro atoms. The van der Waals surface area contributed by atoms with E-state index in [9.17, 15) is 0 Å². The van der Waals surface area contributed by atoms with Crippen molar-refractivity contribution in [1.82, 2.24) is 4.57 Å². The normalized spacial score (nSPS) is 12.7. The van der Waals surface area contributed by atoms with Gasteiger partial charge in [0.05, 0.1) is 11.0 Å². The first-order chi connectivity index (χ1) is 29.0. The molecule has 0 fully saturated rings. The summed E-state index contributed by atoms with van der Waals surface area (Å²) in [6.07, 6.45) is 0. The van der Waals surface area contributed by atoms with Crippen molar-refractivity contribution in [3.05, 3.63) is 230 Å². The SMILES string of the molecule is CC1(C)c2ccccc2-c2ccc(-c3ccc(N(c4cccc(-c5ccccc5)c4)c4ccc5c6c(-c7ccccc7)cccc6n(-c6ccccc6)c5c4)cc3)cc21. The van der Waals surface area contributed by atoms with E-state index in [0.717, 1.165) is 28.3 Å². The summed E-state index contributed by atoms with van der Waals surface area (Å²) in [7, 11) is 0. The minimum atomic E-state index is -0.0504. The lowest BCUT2D eigenvalue weighted by molar-refractivity contribution is 0.660.